The Bertz CT molecular complexity index is 1580. The number of nitrogens with zero attached hydrogens (tertiary/aromatic N) is 5. The van der Waals surface area contributed by atoms with Crippen LogP contribution in [0.3, 0.4) is 0 Å². The molecular formula is C29H36ClN9O3. The molecule has 2 amide bonds. The largest absolute Gasteiger partial charge is 0.496 e. The van der Waals surface area contributed by atoms with Gasteiger partial charge in [-0.05, 0) is 39.3 Å². The molecule has 0 aliphatic carbocycles. The monoisotopic (exact) mass is 593 g/mol. The summed E-state index contributed by atoms with van der Waals surface area (Å²) in [7, 11) is 1.60. The van der Waals surface area contributed by atoms with E-state index in [-0.39, 0.29) is 29.5 Å². The number of rotatable bonds is 8. The summed E-state index contributed by atoms with van der Waals surface area (Å²) in [5, 5.41) is 6.44. The van der Waals surface area contributed by atoms with Crippen LogP contribution >= 0.6 is 11.6 Å². The van der Waals surface area contributed by atoms with Crippen LogP contribution < -0.4 is 26.0 Å². The summed E-state index contributed by atoms with van der Waals surface area (Å²) in [6.45, 7) is 12.8. The molecule has 222 valence electrons. The highest BCUT2D eigenvalue weighted by Gasteiger charge is 2.38. The Hall–Kier alpha value is -4.00. The molecular weight excluding hydrogens is 558 g/mol. The van der Waals surface area contributed by atoms with Gasteiger partial charge < -0.3 is 26.1 Å². The molecule has 5 heterocycles. The third-order valence-corrected chi connectivity index (χ3v) is 8.11. The number of pyridine rings is 1. The number of anilines is 2. The Morgan fingerprint density at radius 2 is 1.93 bits per heavy atom. The van der Waals surface area contributed by atoms with E-state index in [0.717, 1.165) is 49.4 Å². The van der Waals surface area contributed by atoms with Crippen molar-refractivity contribution in [3.05, 3.63) is 56.2 Å². The molecule has 12 nitrogen and oxygen atoms in total. The zero-order chi connectivity index (χ0) is 30.1. The number of carbonyl (C=O) groups excluding carboxylic acids is 2. The summed E-state index contributed by atoms with van der Waals surface area (Å²) < 4.78 is 5.55. The van der Waals surface area contributed by atoms with Crippen LogP contribution in [0.25, 0.3) is 11.6 Å². The fraction of sp³-hybridized carbons (Fsp3) is 0.414. The highest BCUT2D eigenvalue weighted by atomic mass is 35.5. The molecule has 0 atom stereocenters. The first-order valence-corrected chi connectivity index (χ1v) is 14.2. The topological polar surface area (TPSA) is 154 Å². The van der Waals surface area contributed by atoms with E-state index in [1.54, 1.807) is 19.4 Å². The maximum absolute atomic E-state index is 13.9. The minimum Gasteiger partial charge on any atom is -0.496 e. The molecule has 0 radical (unpaired) electrons. The van der Waals surface area contributed by atoms with E-state index in [1.807, 2.05) is 27.7 Å². The van der Waals surface area contributed by atoms with Gasteiger partial charge in [0.2, 0.25) is 5.95 Å². The summed E-state index contributed by atoms with van der Waals surface area (Å²) in [5.74, 6) is 0.470. The molecule has 0 saturated carbocycles. The zero-order valence-electron chi connectivity index (χ0n) is 24.5. The van der Waals surface area contributed by atoms with Gasteiger partial charge in [0.05, 0.1) is 36.0 Å². The summed E-state index contributed by atoms with van der Waals surface area (Å²) in [6, 6.07) is 0. The Morgan fingerprint density at radius 1 is 1.19 bits per heavy atom. The van der Waals surface area contributed by atoms with Crippen molar-refractivity contribution in [2.24, 2.45) is 0 Å². The number of methoxy groups -OCH3 is 1. The number of H-pyrrole nitrogens is 1. The van der Waals surface area contributed by atoms with Crippen LogP contribution in [0, 0.1) is 27.7 Å². The number of aromatic amines is 1. The van der Waals surface area contributed by atoms with Crippen LogP contribution in [0.1, 0.15) is 49.7 Å². The number of hydrogen-bond acceptors (Lipinski definition) is 9. The number of amides is 2. The van der Waals surface area contributed by atoms with Gasteiger partial charge in [0.1, 0.15) is 10.9 Å². The lowest BCUT2D eigenvalue weighted by Gasteiger charge is -2.27. The van der Waals surface area contributed by atoms with Crippen molar-refractivity contribution < 1.29 is 14.3 Å². The van der Waals surface area contributed by atoms with E-state index < -0.39 is 0 Å². The molecule has 1 fully saturated rings. The number of aryl methyl sites for hydroxylation is 2. The molecule has 0 bridgehead atoms. The highest BCUT2D eigenvalue weighted by Crippen LogP contribution is 2.42. The minimum atomic E-state index is -0.332. The standard InChI is InChI=1S/C29H36ClN9O3/c1-15-13-34-21(17(3)24(15)42-5)14-39-26-23(25(30)36-29(31)37-26)19(28(39)41)12-20-16(2)22(18(4)35-20)27(40)33-8-11-38-9-6-32-7-10-38/h12-13,32,35H,6-11,14H2,1-5H3,(H,33,40)(H2,31,36,37). The number of fused-ring (bicyclic) bond motifs is 1. The molecule has 3 aromatic rings. The predicted molar refractivity (Wildman–Crippen MR) is 163 cm³/mol. The quantitative estimate of drug-likeness (QED) is 0.228. The van der Waals surface area contributed by atoms with Crippen LogP contribution in [-0.2, 0) is 11.3 Å². The van der Waals surface area contributed by atoms with Gasteiger partial charge in [0.15, 0.2) is 5.82 Å². The van der Waals surface area contributed by atoms with Gasteiger partial charge >= 0.3 is 0 Å². The third kappa shape index (κ3) is 5.57. The van der Waals surface area contributed by atoms with Gasteiger partial charge in [-0.15, -0.1) is 0 Å². The number of hydrogen-bond donors (Lipinski definition) is 4. The van der Waals surface area contributed by atoms with Crippen molar-refractivity contribution in [2.75, 3.05) is 57.0 Å². The number of piperazine rings is 1. The molecule has 42 heavy (non-hydrogen) atoms. The number of nitrogen functional groups attached to an aromatic ring is 1. The van der Waals surface area contributed by atoms with Crippen molar-refractivity contribution in [3.8, 4) is 5.75 Å². The van der Waals surface area contributed by atoms with Gasteiger partial charge in [0.25, 0.3) is 11.8 Å². The van der Waals surface area contributed by atoms with Crippen LogP contribution in [0.5, 0.6) is 5.75 Å². The first kappa shape index (κ1) is 29.5. The number of ether oxygens (including phenoxy) is 1. The second kappa shape index (κ2) is 12.1. The maximum atomic E-state index is 13.9. The van der Waals surface area contributed by atoms with Gasteiger partial charge in [-0.1, -0.05) is 11.6 Å². The Balaban J connectivity index is 1.45. The number of aromatic nitrogens is 4. The third-order valence-electron chi connectivity index (χ3n) is 7.84. The minimum absolute atomic E-state index is 0.0457. The van der Waals surface area contributed by atoms with Crippen LogP contribution in [0.4, 0.5) is 11.8 Å². The second-order valence-corrected chi connectivity index (χ2v) is 10.9. The Morgan fingerprint density at radius 3 is 2.64 bits per heavy atom. The Labute approximate surface area is 249 Å². The van der Waals surface area contributed by atoms with Crippen molar-refractivity contribution >= 4 is 46.8 Å². The lowest BCUT2D eigenvalue weighted by molar-refractivity contribution is -0.113. The fourth-order valence-corrected chi connectivity index (χ4v) is 5.90. The lowest BCUT2D eigenvalue weighted by Crippen LogP contribution is -2.46. The Kier molecular flexibility index (Phi) is 8.48. The zero-order valence-corrected chi connectivity index (χ0v) is 25.3. The van der Waals surface area contributed by atoms with E-state index in [9.17, 15) is 9.59 Å². The SMILES string of the molecule is COc1c(C)cnc(CN2C(=O)C(=Cc3[nH]c(C)c(C(=O)NCCN4CCNCC4)c3C)c3c(Cl)nc(N)nc32)c1C. The van der Waals surface area contributed by atoms with Crippen molar-refractivity contribution in [1.82, 2.24) is 35.5 Å². The van der Waals surface area contributed by atoms with E-state index in [1.165, 1.54) is 4.90 Å². The van der Waals surface area contributed by atoms with Gasteiger partial charge in [-0.3, -0.25) is 24.4 Å². The van der Waals surface area contributed by atoms with Crippen LogP contribution in [-0.4, -0.2) is 83.0 Å². The molecule has 2 aliphatic heterocycles. The molecule has 5 rings (SSSR count). The molecule has 0 aromatic carbocycles. The van der Waals surface area contributed by atoms with Crippen LogP contribution in [0.15, 0.2) is 6.20 Å². The van der Waals surface area contributed by atoms with Crippen molar-refractivity contribution in [1.29, 1.82) is 0 Å². The van der Waals surface area contributed by atoms with Crippen molar-refractivity contribution in [2.45, 2.75) is 34.2 Å². The number of nitrogens with two attached hydrogens (primary N) is 1. The average Bonchev–Trinajstić information content (AvgIpc) is 3.38. The van der Waals surface area contributed by atoms with Gasteiger partial charge in [0, 0.05) is 68.0 Å². The highest BCUT2D eigenvalue weighted by molar-refractivity contribution is 6.41. The number of nitrogens with one attached hydrogen (secondary N) is 3. The van der Waals surface area contributed by atoms with Gasteiger partial charge in [-0.2, -0.15) is 4.98 Å². The van der Waals surface area contributed by atoms with E-state index in [2.05, 4.69) is 35.5 Å². The van der Waals surface area contributed by atoms with Crippen LogP contribution in [0.2, 0.25) is 5.15 Å². The second-order valence-electron chi connectivity index (χ2n) is 10.6. The van der Waals surface area contributed by atoms with Gasteiger partial charge in [-0.25, -0.2) is 4.98 Å². The molecule has 5 N–H and O–H groups in total. The summed E-state index contributed by atoms with van der Waals surface area (Å²) >= 11 is 6.55. The van der Waals surface area contributed by atoms with E-state index in [4.69, 9.17) is 22.1 Å². The van der Waals surface area contributed by atoms with E-state index in [0.29, 0.717) is 51.9 Å². The maximum Gasteiger partial charge on any atom is 0.260 e. The first-order valence-electron chi connectivity index (χ1n) is 13.9. The van der Waals surface area contributed by atoms with Crippen molar-refractivity contribution in [3.63, 3.8) is 0 Å². The molecule has 13 heteroatoms. The average molecular weight is 594 g/mol. The predicted octanol–water partition coefficient (Wildman–Crippen LogP) is 2.40. The number of halogens is 1. The smallest absolute Gasteiger partial charge is 0.260 e. The fourth-order valence-electron chi connectivity index (χ4n) is 5.63. The molecule has 1 saturated heterocycles. The van der Waals surface area contributed by atoms with E-state index >= 15 is 0 Å². The molecule has 3 aromatic heterocycles. The molecule has 2 aliphatic rings. The lowest BCUT2D eigenvalue weighted by atomic mass is 10.1. The molecule has 0 spiro atoms. The molecule has 0 unspecified atom stereocenters. The normalized spacial score (nSPS) is 16.3. The summed E-state index contributed by atoms with van der Waals surface area (Å²) in [5.41, 5.74) is 11.6. The summed E-state index contributed by atoms with van der Waals surface area (Å²) in [4.78, 5) is 47.2. The summed E-state index contributed by atoms with van der Waals surface area (Å²) in [6.07, 6.45) is 3.41. The number of carbonyl (C=O) groups is 2. The first-order chi connectivity index (χ1) is 20.1.